The third-order valence-corrected chi connectivity index (χ3v) is 6.65. The molecule has 27 heavy (non-hydrogen) atoms. The Bertz CT molecular complexity index is 906. The van der Waals surface area contributed by atoms with Crippen molar-refractivity contribution in [2.24, 2.45) is 0 Å². The third-order valence-electron chi connectivity index (χ3n) is 4.76. The maximum absolute atomic E-state index is 13.0. The SMILES string of the molecule is Cc1nnc(C[NH+]2CCN(S(=O)(=O)c3ccc4c(c3)OCCCO4)CC2)o1. The van der Waals surface area contributed by atoms with Crippen LogP contribution in [0.2, 0.25) is 0 Å². The fourth-order valence-corrected chi connectivity index (χ4v) is 4.75. The van der Waals surface area contributed by atoms with Gasteiger partial charge < -0.3 is 18.8 Å². The minimum atomic E-state index is -3.57. The van der Waals surface area contributed by atoms with Crippen LogP contribution in [0.25, 0.3) is 0 Å². The van der Waals surface area contributed by atoms with Crippen LogP contribution in [0.3, 0.4) is 0 Å². The first-order valence-electron chi connectivity index (χ1n) is 9.05. The summed E-state index contributed by atoms with van der Waals surface area (Å²) in [5, 5.41) is 7.84. The molecule has 0 aliphatic carbocycles. The molecule has 0 amide bonds. The number of benzene rings is 1. The van der Waals surface area contributed by atoms with Crippen molar-refractivity contribution in [1.82, 2.24) is 14.5 Å². The first kappa shape index (κ1) is 18.2. The molecule has 2 aliphatic rings. The van der Waals surface area contributed by atoms with Crippen molar-refractivity contribution in [2.75, 3.05) is 39.4 Å². The molecule has 0 saturated carbocycles. The van der Waals surface area contributed by atoms with Gasteiger partial charge >= 0.3 is 0 Å². The molecular weight excluding hydrogens is 372 g/mol. The van der Waals surface area contributed by atoms with Gasteiger partial charge in [-0.2, -0.15) is 4.31 Å². The van der Waals surface area contributed by atoms with Gasteiger partial charge in [0.05, 0.1) is 44.3 Å². The quantitative estimate of drug-likeness (QED) is 0.754. The van der Waals surface area contributed by atoms with Crippen molar-refractivity contribution in [1.29, 1.82) is 0 Å². The Labute approximate surface area is 157 Å². The van der Waals surface area contributed by atoms with Crippen molar-refractivity contribution in [3.05, 3.63) is 30.0 Å². The average Bonchev–Trinajstić information content (AvgIpc) is 2.92. The van der Waals surface area contributed by atoms with Crippen molar-refractivity contribution in [3.8, 4) is 11.5 Å². The second-order valence-electron chi connectivity index (χ2n) is 6.70. The van der Waals surface area contributed by atoms with E-state index in [-0.39, 0.29) is 4.90 Å². The lowest BCUT2D eigenvalue weighted by Gasteiger charge is -2.30. The number of nitrogens with one attached hydrogen (secondary N) is 1. The highest BCUT2D eigenvalue weighted by Gasteiger charge is 2.32. The topological polar surface area (TPSA) is 99.2 Å². The maximum atomic E-state index is 13.0. The van der Waals surface area contributed by atoms with Gasteiger partial charge in [0, 0.05) is 19.4 Å². The first-order chi connectivity index (χ1) is 13.0. The fourth-order valence-electron chi connectivity index (χ4n) is 3.30. The second kappa shape index (κ2) is 7.45. The smallest absolute Gasteiger partial charge is 0.271 e. The Morgan fingerprint density at radius 1 is 1.11 bits per heavy atom. The molecule has 1 fully saturated rings. The van der Waals surface area contributed by atoms with E-state index >= 15 is 0 Å². The Hall–Kier alpha value is -2.17. The number of sulfonamides is 1. The summed E-state index contributed by atoms with van der Waals surface area (Å²) in [6, 6.07) is 4.83. The Morgan fingerprint density at radius 3 is 2.56 bits per heavy atom. The molecule has 0 spiro atoms. The standard InChI is InChI=1S/C17H22N4O5S/c1-13-18-19-17(26-13)12-20-5-7-21(8-6-20)27(22,23)14-3-4-15-16(11-14)25-10-2-9-24-15/h3-4,11H,2,5-10,12H2,1H3/p+1. The molecule has 3 heterocycles. The summed E-state index contributed by atoms with van der Waals surface area (Å²) in [6.45, 7) is 5.72. The first-order valence-corrected chi connectivity index (χ1v) is 10.5. The Kier molecular flexibility index (Phi) is 5.02. The number of hydrogen-bond donors (Lipinski definition) is 1. The molecule has 9 nitrogen and oxygen atoms in total. The number of aryl methyl sites for hydroxylation is 1. The van der Waals surface area contributed by atoms with E-state index < -0.39 is 10.0 Å². The summed E-state index contributed by atoms with van der Waals surface area (Å²) in [5.41, 5.74) is 0. The zero-order valence-corrected chi connectivity index (χ0v) is 16.0. The molecule has 146 valence electrons. The van der Waals surface area contributed by atoms with Crippen molar-refractivity contribution in [2.45, 2.75) is 24.8 Å². The monoisotopic (exact) mass is 395 g/mol. The molecule has 0 bridgehead atoms. The summed E-state index contributed by atoms with van der Waals surface area (Å²) in [6.07, 6.45) is 0.779. The van der Waals surface area contributed by atoms with E-state index in [1.54, 1.807) is 25.1 Å². The molecule has 0 unspecified atom stereocenters. The number of rotatable bonds is 4. The van der Waals surface area contributed by atoms with Gasteiger partial charge in [-0.1, -0.05) is 0 Å². The van der Waals surface area contributed by atoms with Crippen LogP contribution in [0.15, 0.2) is 27.5 Å². The molecule has 1 aromatic carbocycles. The molecule has 1 aromatic heterocycles. The van der Waals surface area contributed by atoms with Gasteiger partial charge in [-0.3, -0.25) is 0 Å². The van der Waals surface area contributed by atoms with Gasteiger partial charge in [0.15, 0.2) is 18.0 Å². The molecule has 0 atom stereocenters. The second-order valence-corrected chi connectivity index (χ2v) is 8.64. The van der Waals surface area contributed by atoms with Gasteiger partial charge in [-0.25, -0.2) is 8.42 Å². The molecule has 4 rings (SSSR count). The normalized spacial score (nSPS) is 19.0. The van der Waals surface area contributed by atoms with Crippen LogP contribution >= 0.6 is 0 Å². The molecule has 2 aliphatic heterocycles. The molecule has 10 heteroatoms. The van der Waals surface area contributed by atoms with E-state index in [0.717, 1.165) is 6.42 Å². The largest absolute Gasteiger partial charge is 0.490 e. The van der Waals surface area contributed by atoms with E-state index in [9.17, 15) is 8.42 Å². The summed E-state index contributed by atoms with van der Waals surface area (Å²) in [4.78, 5) is 1.46. The van der Waals surface area contributed by atoms with Crippen molar-refractivity contribution < 1.29 is 27.2 Å². The Balaban J connectivity index is 1.43. The van der Waals surface area contributed by atoms with Gasteiger partial charge in [0.1, 0.15) is 0 Å². The van der Waals surface area contributed by atoms with Gasteiger partial charge in [-0.05, 0) is 12.1 Å². The van der Waals surface area contributed by atoms with E-state index in [1.807, 2.05) is 0 Å². The van der Waals surface area contributed by atoms with E-state index in [0.29, 0.717) is 69.2 Å². The van der Waals surface area contributed by atoms with E-state index in [4.69, 9.17) is 13.9 Å². The fraction of sp³-hybridized carbons (Fsp3) is 0.529. The van der Waals surface area contributed by atoms with Crippen LogP contribution < -0.4 is 14.4 Å². The average molecular weight is 395 g/mol. The predicted octanol–water partition coefficient (Wildman–Crippen LogP) is -0.371. The van der Waals surface area contributed by atoms with Crippen LogP contribution in [0, 0.1) is 6.92 Å². The number of nitrogens with zero attached hydrogens (tertiary/aromatic N) is 3. The van der Waals surface area contributed by atoms with Crippen LogP contribution in [-0.2, 0) is 16.6 Å². The van der Waals surface area contributed by atoms with Crippen LogP contribution in [0.4, 0.5) is 0 Å². The lowest BCUT2D eigenvalue weighted by Crippen LogP contribution is -3.13. The summed E-state index contributed by atoms with van der Waals surface area (Å²) < 4.78 is 44.1. The van der Waals surface area contributed by atoms with Gasteiger partial charge in [0.25, 0.3) is 5.89 Å². The summed E-state index contributed by atoms with van der Waals surface area (Å²) in [5.74, 6) is 2.21. The van der Waals surface area contributed by atoms with Gasteiger partial charge in [0.2, 0.25) is 15.9 Å². The number of piperazine rings is 1. The number of quaternary nitrogens is 1. The summed E-state index contributed by atoms with van der Waals surface area (Å²) >= 11 is 0. The zero-order valence-electron chi connectivity index (χ0n) is 15.2. The lowest BCUT2D eigenvalue weighted by molar-refractivity contribution is -0.918. The number of fused-ring (bicyclic) bond motifs is 1. The highest BCUT2D eigenvalue weighted by atomic mass is 32.2. The number of ether oxygens (including phenoxy) is 2. The third kappa shape index (κ3) is 3.92. The summed E-state index contributed by atoms with van der Waals surface area (Å²) in [7, 11) is -3.57. The minimum absolute atomic E-state index is 0.239. The van der Waals surface area contributed by atoms with Crippen LogP contribution in [0.5, 0.6) is 11.5 Å². The molecular formula is C17H23N4O5S+. The van der Waals surface area contributed by atoms with Gasteiger partial charge in [-0.15, -0.1) is 10.2 Å². The highest BCUT2D eigenvalue weighted by molar-refractivity contribution is 7.89. The maximum Gasteiger partial charge on any atom is 0.271 e. The molecule has 0 radical (unpaired) electrons. The molecule has 2 aromatic rings. The van der Waals surface area contributed by atoms with Crippen LogP contribution in [-0.4, -0.2) is 62.3 Å². The Morgan fingerprint density at radius 2 is 1.85 bits per heavy atom. The zero-order chi connectivity index (χ0) is 18.9. The number of hydrogen-bond acceptors (Lipinski definition) is 7. The highest BCUT2D eigenvalue weighted by Crippen LogP contribution is 2.32. The van der Waals surface area contributed by atoms with Crippen LogP contribution in [0.1, 0.15) is 18.2 Å². The van der Waals surface area contributed by atoms with E-state index in [1.165, 1.54) is 9.21 Å². The number of aromatic nitrogens is 2. The lowest BCUT2D eigenvalue weighted by atomic mass is 10.3. The minimum Gasteiger partial charge on any atom is -0.490 e. The van der Waals surface area contributed by atoms with Crippen molar-refractivity contribution >= 4 is 10.0 Å². The molecule has 1 saturated heterocycles. The van der Waals surface area contributed by atoms with Crippen molar-refractivity contribution in [3.63, 3.8) is 0 Å². The molecule has 1 N–H and O–H groups in total. The predicted molar refractivity (Wildman–Crippen MR) is 94.2 cm³/mol. The van der Waals surface area contributed by atoms with E-state index in [2.05, 4.69) is 10.2 Å².